The van der Waals surface area contributed by atoms with Gasteiger partial charge >= 0.3 is 6.03 Å². The number of hydrogen-bond acceptors (Lipinski definition) is 3. The number of benzene rings is 1. The van der Waals surface area contributed by atoms with Crippen LogP contribution in [0.3, 0.4) is 0 Å². The Morgan fingerprint density at radius 1 is 1.25 bits per heavy atom. The van der Waals surface area contributed by atoms with Crippen LogP contribution in [0.25, 0.3) is 0 Å². The molecule has 1 rings (SSSR count). The molecule has 0 radical (unpaired) electrons. The molecule has 6 heteroatoms. The van der Waals surface area contributed by atoms with E-state index in [4.69, 9.17) is 4.74 Å². The molecule has 110 valence electrons. The normalized spacial score (nSPS) is 11.6. The highest BCUT2D eigenvalue weighted by Crippen LogP contribution is 2.10. The molecule has 0 aliphatic carbocycles. The number of nitrogens with one attached hydrogen (secondary N) is 3. The van der Waals surface area contributed by atoms with Crippen LogP contribution in [0.2, 0.25) is 0 Å². The third-order valence-corrected chi connectivity index (χ3v) is 2.72. The Labute approximate surface area is 119 Å². The van der Waals surface area contributed by atoms with Gasteiger partial charge in [0.1, 0.15) is 12.3 Å². The van der Waals surface area contributed by atoms with Gasteiger partial charge in [0.2, 0.25) is 0 Å². The zero-order chi connectivity index (χ0) is 15.0. The molecule has 1 aromatic carbocycles. The van der Waals surface area contributed by atoms with Crippen molar-refractivity contribution in [2.75, 3.05) is 27.2 Å². The Morgan fingerprint density at radius 3 is 2.45 bits per heavy atom. The predicted octanol–water partition coefficient (Wildman–Crippen LogP) is -0.444. The zero-order valence-corrected chi connectivity index (χ0v) is 12.2. The van der Waals surface area contributed by atoms with E-state index in [1.807, 2.05) is 31.3 Å². The molecule has 6 nitrogen and oxygen atoms in total. The molecule has 3 N–H and O–H groups in total. The highest BCUT2D eigenvalue weighted by atomic mass is 16.5. The zero-order valence-electron chi connectivity index (χ0n) is 12.2. The van der Waals surface area contributed by atoms with E-state index in [2.05, 4.69) is 10.6 Å². The number of likely N-dealkylation sites (N-methyl/N-ethyl adjacent to an activating group) is 1. The number of imide groups is 1. The molecule has 0 fully saturated rings. The summed E-state index contributed by atoms with van der Waals surface area (Å²) in [5, 5.41) is 4.80. The summed E-state index contributed by atoms with van der Waals surface area (Å²) in [6, 6.07) is 7.25. The molecule has 0 saturated carbocycles. The summed E-state index contributed by atoms with van der Waals surface area (Å²) in [5.74, 6) is 0.516. The predicted molar refractivity (Wildman–Crippen MR) is 75.7 cm³/mol. The molecule has 0 bridgehead atoms. The van der Waals surface area contributed by atoms with Gasteiger partial charge in [0.25, 0.3) is 5.91 Å². The molecule has 0 aromatic heterocycles. The van der Waals surface area contributed by atoms with Crippen molar-refractivity contribution in [3.05, 3.63) is 29.8 Å². The van der Waals surface area contributed by atoms with Crippen LogP contribution < -0.4 is 20.3 Å². The van der Waals surface area contributed by atoms with E-state index >= 15 is 0 Å². The topological polar surface area (TPSA) is 71.9 Å². The molecule has 3 amide bonds. The maximum atomic E-state index is 11.6. The van der Waals surface area contributed by atoms with Crippen LogP contribution in [0.5, 0.6) is 5.75 Å². The molecule has 1 aromatic rings. The summed E-state index contributed by atoms with van der Waals surface area (Å²) in [6.45, 7) is 3.23. The van der Waals surface area contributed by atoms with E-state index < -0.39 is 6.03 Å². The number of methoxy groups -OCH3 is 1. The number of rotatable bonds is 6. The van der Waals surface area contributed by atoms with Gasteiger partial charge in [-0.3, -0.25) is 10.1 Å². The monoisotopic (exact) mass is 280 g/mol. The van der Waals surface area contributed by atoms with Gasteiger partial charge in [-0.25, -0.2) is 4.79 Å². The molecular weight excluding hydrogens is 258 g/mol. The molecule has 0 heterocycles. The number of carbonyl (C=O) groups excluding carboxylic acids is 2. The summed E-state index contributed by atoms with van der Waals surface area (Å²) < 4.78 is 5.09. The van der Waals surface area contributed by atoms with E-state index in [9.17, 15) is 9.59 Å². The largest absolute Gasteiger partial charge is 0.497 e. The lowest BCUT2D eigenvalue weighted by Gasteiger charge is -2.13. The van der Waals surface area contributed by atoms with Crippen molar-refractivity contribution in [1.82, 2.24) is 10.6 Å². The van der Waals surface area contributed by atoms with Crippen molar-refractivity contribution in [2.24, 2.45) is 0 Å². The minimum absolute atomic E-state index is 0.239. The van der Waals surface area contributed by atoms with E-state index in [0.717, 1.165) is 16.2 Å². The maximum absolute atomic E-state index is 11.6. The first-order chi connectivity index (χ1) is 9.55. The van der Waals surface area contributed by atoms with Crippen molar-refractivity contribution in [3.8, 4) is 5.75 Å². The van der Waals surface area contributed by atoms with Crippen molar-refractivity contribution < 1.29 is 19.2 Å². The quantitative estimate of drug-likeness (QED) is 0.661. The lowest BCUT2D eigenvalue weighted by molar-refractivity contribution is -0.885. The third-order valence-electron chi connectivity index (χ3n) is 2.72. The van der Waals surface area contributed by atoms with Crippen molar-refractivity contribution >= 4 is 11.9 Å². The Bertz CT molecular complexity index is 445. The Balaban J connectivity index is 2.40. The van der Waals surface area contributed by atoms with Gasteiger partial charge in [0.15, 0.2) is 6.54 Å². The Hall–Kier alpha value is -2.08. The minimum Gasteiger partial charge on any atom is -0.497 e. The lowest BCUT2D eigenvalue weighted by atomic mass is 10.2. The number of urea groups is 1. The molecule has 1 unspecified atom stereocenters. The number of ether oxygens (including phenoxy) is 1. The van der Waals surface area contributed by atoms with Crippen molar-refractivity contribution in [1.29, 1.82) is 0 Å². The molecule has 0 spiro atoms. The molecule has 1 atom stereocenters. The van der Waals surface area contributed by atoms with Crippen LogP contribution in [0.4, 0.5) is 4.79 Å². The van der Waals surface area contributed by atoms with Crippen LogP contribution >= 0.6 is 0 Å². The highest BCUT2D eigenvalue weighted by Gasteiger charge is 2.13. The van der Waals surface area contributed by atoms with Gasteiger partial charge in [-0.05, 0) is 31.2 Å². The highest BCUT2D eigenvalue weighted by molar-refractivity contribution is 5.94. The van der Waals surface area contributed by atoms with E-state index in [0.29, 0.717) is 13.1 Å². The summed E-state index contributed by atoms with van der Waals surface area (Å²) in [5.41, 5.74) is 1.11. The van der Waals surface area contributed by atoms with Gasteiger partial charge in [0, 0.05) is 12.1 Å². The minimum atomic E-state index is -0.449. The first-order valence-electron chi connectivity index (χ1n) is 6.57. The lowest BCUT2D eigenvalue weighted by Crippen LogP contribution is -3.09. The summed E-state index contributed by atoms with van der Waals surface area (Å²) in [7, 11) is 3.53. The van der Waals surface area contributed by atoms with Gasteiger partial charge in [-0.1, -0.05) is 0 Å². The molecule has 0 aliphatic rings. The Morgan fingerprint density at radius 2 is 1.90 bits per heavy atom. The summed E-state index contributed by atoms with van der Waals surface area (Å²) in [4.78, 5) is 23.8. The fourth-order valence-corrected chi connectivity index (χ4v) is 1.80. The summed E-state index contributed by atoms with van der Waals surface area (Å²) in [6.07, 6.45) is 0. The fourth-order valence-electron chi connectivity index (χ4n) is 1.80. The maximum Gasteiger partial charge on any atom is 0.321 e. The number of carbonyl (C=O) groups is 2. The first-order valence-corrected chi connectivity index (χ1v) is 6.57. The average molecular weight is 280 g/mol. The third kappa shape index (κ3) is 5.71. The van der Waals surface area contributed by atoms with Crippen molar-refractivity contribution in [3.63, 3.8) is 0 Å². The SMILES string of the molecule is CCNC(=O)NC(=O)C[NH+](C)Cc1ccc(OC)cc1. The number of quaternary nitrogens is 1. The molecule has 0 saturated heterocycles. The Kier molecular flexibility index (Phi) is 6.52. The second-order valence-electron chi connectivity index (χ2n) is 4.57. The molecular formula is C14H22N3O3+. The number of hydrogen-bond donors (Lipinski definition) is 3. The van der Waals surface area contributed by atoms with Crippen LogP contribution in [-0.4, -0.2) is 39.2 Å². The van der Waals surface area contributed by atoms with Gasteiger partial charge < -0.3 is 15.0 Å². The summed E-state index contributed by atoms with van der Waals surface area (Å²) >= 11 is 0. The smallest absolute Gasteiger partial charge is 0.321 e. The van der Waals surface area contributed by atoms with Gasteiger partial charge in [0.05, 0.1) is 14.2 Å². The van der Waals surface area contributed by atoms with Crippen molar-refractivity contribution in [2.45, 2.75) is 13.5 Å². The van der Waals surface area contributed by atoms with Gasteiger partial charge in [-0.15, -0.1) is 0 Å². The molecule has 20 heavy (non-hydrogen) atoms. The van der Waals surface area contributed by atoms with Crippen LogP contribution in [0, 0.1) is 0 Å². The molecule has 0 aliphatic heterocycles. The van der Waals surface area contributed by atoms with E-state index in [1.54, 1.807) is 14.0 Å². The van der Waals surface area contributed by atoms with Gasteiger partial charge in [-0.2, -0.15) is 0 Å². The fraction of sp³-hybridized carbons (Fsp3) is 0.429. The second kappa shape index (κ2) is 8.16. The average Bonchev–Trinajstić information content (AvgIpc) is 2.39. The van der Waals surface area contributed by atoms with E-state index in [-0.39, 0.29) is 12.5 Å². The second-order valence-corrected chi connectivity index (χ2v) is 4.57. The standard InChI is InChI=1S/C14H21N3O3/c1-4-15-14(19)16-13(18)10-17(2)9-11-5-7-12(20-3)8-6-11/h5-8H,4,9-10H2,1-3H3,(H2,15,16,18,19)/p+1. The van der Waals surface area contributed by atoms with E-state index in [1.165, 1.54) is 0 Å². The van der Waals surface area contributed by atoms with Crippen LogP contribution in [0.1, 0.15) is 12.5 Å². The number of amides is 3. The van der Waals surface area contributed by atoms with Crippen LogP contribution in [-0.2, 0) is 11.3 Å². The van der Waals surface area contributed by atoms with Crippen LogP contribution in [0.15, 0.2) is 24.3 Å². The first kappa shape index (κ1) is 16.0.